The van der Waals surface area contributed by atoms with Crippen molar-refractivity contribution >= 4 is 29.9 Å². The lowest BCUT2D eigenvalue weighted by atomic mass is 10.0. The van der Waals surface area contributed by atoms with Gasteiger partial charge in [-0.3, -0.25) is 4.99 Å². The molecule has 25 heavy (non-hydrogen) atoms. The molecule has 0 spiro atoms. The highest BCUT2D eigenvalue weighted by molar-refractivity contribution is 14.0. The third-order valence-corrected chi connectivity index (χ3v) is 4.31. The molecule has 1 aliphatic heterocycles. The number of hydrogen-bond acceptors (Lipinski definition) is 3. The summed E-state index contributed by atoms with van der Waals surface area (Å²) < 4.78 is 11.4. The van der Waals surface area contributed by atoms with Crippen LogP contribution in [0.1, 0.15) is 31.7 Å². The minimum Gasteiger partial charge on any atom is -0.491 e. The van der Waals surface area contributed by atoms with Gasteiger partial charge in [-0.05, 0) is 24.0 Å². The second-order valence-electron chi connectivity index (χ2n) is 6.63. The van der Waals surface area contributed by atoms with E-state index in [2.05, 4.69) is 48.2 Å². The molecule has 2 rings (SSSR count). The van der Waals surface area contributed by atoms with Crippen molar-refractivity contribution in [2.24, 2.45) is 10.9 Å². The number of nitrogens with one attached hydrogen (secondary N) is 1. The molecule has 1 aromatic rings. The molecule has 5 nitrogen and oxygen atoms in total. The zero-order valence-corrected chi connectivity index (χ0v) is 18.2. The van der Waals surface area contributed by atoms with E-state index in [1.54, 1.807) is 0 Å². The zero-order valence-electron chi connectivity index (χ0n) is 15.8. The molecule has 1 unspecified atom stereocenters. The van der Waals surface area contributed by atoms with E-state index in [4.69, 9.17) is 9.47 Å². The number of hydrogen-bond donors (Lipinski definition) is 1. The van der Waals surface area contributed by atoms with Crippen molar-refractivity contribution in [1.82, 2.24) is 10.2 Å². The minimum absolute atomic E-state index is 0. The summed E-state index contributed by atoms with van der Waals surface area (Å²) in [5, 5.41) is 3.37. The molecule has 1 saturated heterocycles. The Morgan fingerprint density at radius 1 is 1.40 bits per heavy atom. The van der Waals surface area contributed by atoms with Gasteiger partial charge in [-0.25, -0.2) is 0 Å². The van der Waals surface area contributed by atoms with Gasteiger partial charge < -0.3 is 19.7 Å². The Bertz CT molecular complexity index is 531. The highest BCUT2D eigenvalue weighted by atomic mass is 127. The van der Waals surface area contributed by atoms with Gasteiger partial charge in [0.25, 0.3) is 0 Å². The molecule has 0 radical (unpaired) electrons. The zero-order chi connectivity index (χ0) is 17.4. The summed E-state index contributed by atoms with van der Waals surface area (Å²) >= 11 is 0. The fourth-order valence-corrected chi connectivity index (χ4v) is 3.00. The molecule has 0 aromatic heterocycles. The summed E-state index contributed by atoms with van der Waals surface area (Å²) in [6.07, 6.45) is 1.14. The van der Waals surface area contributed by atoms with Crippen molar-refractivity contribution < 1.29 is 9.47 Å². The molecule has 1 heterocycles. The van der Waals surface area contributed by atoms with Gasteiger partial charge in [-0.15, -0.1) is 24.0 Å². The van der Waals surface area contributed by atoms with E-state index in [0.717, 1.165) is 44.4 Å². The topological polar surface area (TPSA) is 46.1 Å². The lowest BCUT2D eigenvalue weighted by Gasteiger charge is -2.24. The van der Waals surface area contributed by atoms with Crippen LogP contribution in [0.3, 0.4) is 0 Å². The Kier molecular flexibility index (Phi) is 10.2. The van der Waals surface area contributed by atoms with E-state index >= 15 is 0 Å². The van der Waals surface area contributed by atoms with Gasteiger partial charge in [0.05, 0.1) is 13.2 Å². The summed E-state index contributed by atoms with van der Waals surface area (Å²) in [5.74, 6) is 2.94. The van der Waals surface area contributed by atoms with Crippen LogP contribution in [0.4, 0.5) is 0 Å². The third kappa shape index (κ3) is 7.01. The first kappa shape index (κ1) is 22.0. The van der Waals surface area contributed by atoms with E-state index in [1.807, 2.05) is 19.2 Å². The maximum atomic E-state index is 5.95. The van der Waals surface area contributed by atoms with Gasteiger partial charge >= 0.3 is 0 Å². The van der Waals surface area contributed by atoms with Crippen LogP contribution in [-0.2, 0) is 4.74 Å². The first-order valence-electron chi connectivity index (χ1n) is 8.83. The van der Waals surface area contributed by atoms with Crippen LogP contribution in [-0.4, -0.2) is 57.9 Å². The number of para-hydroxylation sites is 1. The van der Waals surface area contributed by atoms with Crippen LogP contribution < -0.4 is 10.1 Å². The van der Waals surface area contributed by atoms with E-state index in [9.17, 15) is 0 Å². The molecule has 0 saturated carbocycles. The van der Waals surface area contributed by atoms with Crippen LogP contribution in [0, 0.1) is 5.92 Å². The predicted octanol–water partition coefficient (Wildman–Crippen LogP) is 3.35. The summed E-state index contributed by atoms with van der Waals surface area (Å²) in [5.41, 5.74) is 1.25. The fourth-order valence-electron chi connectivity index (χ4n) is 3.00. The first-order valence-corrected chi connectivity index (χ1v) is 8.83. The number of nitrogens with zero attached hydrogens (tertiary/aromatic N) is 2. The van der Waals surface area contributed by atoms with E-state index < -0.39 is 0 Å². The second-order valence-corrected chi connectivity index (χ2v) is 6.63. The van der Waals surface area contributed by atoms with Crippen LogP contribution in [0.2, 0.25) is 0 Å². The number of rotatable bonds is 7. The van der Waals surface area contributed by atoms with Gasteiger partial charge in [0.15, 0.2) is 5.96 Å². The number of benzene rings is 1. The van der Waals surface area contributed by atoms with Crippen molar-refractivity contribution in [3.05, 3.63) is 29.8 Å². The Morgan fingerprint density at radius 3 is 2.80 bits per heavy atom. The largest absolute Gasteiger partial charge is 0.491 e. The monoisotopic (exact) mass is 461 g/mol. The number of guanidine groups is 1. The van der Waals surface area contributed by atoms with Crippen molar-refractivity contribution in [2.75, 3.05) is 47.0 Å². The lowest BCUT2D eigenvalue weighted by molar-refractivity contribution is 0.181. The highest BCUT2D eigenvalue weighted by Crippen LogP contribution is 2.25. The molecule has 0 amide bonds. The van der Waals surface area contributed by atoms with E-state index in [0.29, 0.717) is 18.4 Å². The molecule has 1 aliphatic rings. The standard InChI is InChI=1S/C19H31N3O2.HI/c1-15(2)17-7-5-6-8-18(17)24-12-10-21-19(20-3)22(4)13-16-9-11-23-14-16;/h5-8,15-16H,9-14H2,1-4H3,(H,20,21);1H. The SMILES string of the molecule is CN=C(NCCOc1ccccc1C(C)C)N(C)CC1CCOC1.I. The molecule has 0 bridgehead atoms. The number of aliphatic imine (C=N–C) groups is 1. The van der Waals surface area contributed by atoms with Crippen molar-refractivity contribution in [3.8, 4) is 5.75 Å². The molecule has 1 fully saturated rings. The van der Waals surface area contributed by atoms with E-state index in [1.165, 1.54) is 5.56 Å². The average Bonchev–Trinajstić information content (AvgIpc) is 3.08. The van der Waals surface area contributed by atoms with Gasteiger partial charge in [-0.2, -0.15) is 0 Å². The normalized spacial score (nSPS) is 17.3. The molecule has 142 valence electrons. The minimum atomic E-state index is 0. The van der Waals surface area contributed by atoms with Crippen LogP contribution in [0.15, 0.2) is 29.3 Å². The highest BCUT2D eigenvalue weighted by Gasteiger charge is 2.18. The van der Waals surface area contributed by atoms with Crippen molar-refractivity contribution in [2.45, 2.75) is 26.2 Å². The molecular weight excluding hydrogens is 429 g/mol. The summed E-state index contributed by atoms with van der Waals surface area (Å²) in [4.78, 5) is 6.52. The summed E-state index contributed by atoms with van der Waals surface area (Å²) in [6, 6.07) is 8.25. The molecule has 6 heteroatoms. The Labute approximate surface area is 169 Å². The quantitative estimate of drug-likeness (QED) is 0.293. The number of ether oxygens (including phenoxy) is 2. The summed E-state index contributed by atoms with van der Waals surface area (Å²) in [7, 11) is 3.89. The van der Waals surface area contributed by atoms with Gasteiger partial charge in [0.2, 0.25) is 0 Å². The van der Waals surface area contributed by atoms with Crippen molar-refractivity contribution in [1.29, 1.82) is 0 Å². The third-order valence-electron chi connectivity index (χ3n) is 4.31. The molecule has 1 aromatic carbocycles. The smallest absolute Gasteiger partial charge is 0.193 e. The maximum absolute atomic E-state index is 5.95. The fraction of sp³-hybridized carbons (Fsp3) is 0.632. The number of halogens is 1. The van der Waals surface area contributed by atoms with Crippen LogP contribution >= 0.6 is 24.0 Å². The first-order chi connectivity index (χ1) is 11.6. The predicted molar refractivity (Wildman–Crippen MR) is 114 cm³/mol. The molecule has 1 atom stereocenters. The van der Waals surface area contributed by atoms with Gasteiger partial charge in [0, 0.05) is 33.2 Å². The Balaban J connectivity index is 0.00000312. The Morgan fingerprint density at radius 2 is 2.16 bits per heavy atom. The van der Waals surface area contributed by atoms with E-state index in [-0.39, 0.29) is 24.0 Å². The maximum Gasteiger partial charge on any atom is 0.193 e. The van der Waals surface area contributed by atoms with Crippen molar-refractivity contribution in [3.63, 3.8) is 0 Å². The van der Waals surface area contributed by atoms with Gasteiger partial charge in [0.1, 0.15) is 12.4 Å². The van der Waals surface area contributed by atoms with Gasteiger partial charge in [-0.1, -0.05) is 32.0 Å². The van der Waals surface area contributed by atoms with Crippen LogP contribution in [0.25, 0.3) is 0 Å². The molecule has 1 N–H and O–H groups in total. The average molecular weight is 461 g/mol. The second kappa shape index (κ2) is 11.6. The summed E-state index contributed by atoms with van der Waals surface area (Å²) in [6.45, 7) is 8.42. The van der Waals surface area contributed by atoms with Crippen LogP contribution in [0.5, 0.6) is 5.75 Å². The molecular formula is C19H32IN3O2. The lowest BCUT2D eigenvalue weighted by Crippen LogP contribution is -2.42. The molecule has 0 aliphatic carbocycles. The Hall–Kier alpha value is -1.02.